The molecule has 0 unspecified atom stereocenters. The van der Waals surface area contributed by atoms with E-state index in [-0.39, 0.29) is 23.6 Å². The van der Waals surface area contributed by atoms with Crippen molar-refractivity contribution in [2.45, 2.75) is 6.18 Å². The summed E-state index contributed by atoms with van der Waals surface area (Å²) in [4.78, 5) is 24.5. The van der Waals surface area contributed by atoms with Crippen LogP contribution in [0.4, 0.5) is 13.2 Å². The van der Waals surface area contributed by atoms with Gasteiger partial charge in [0.2, 0.25) is 5.91 Å². The highest BCUT2D eigenvalue weighted by molar-refractivity contribution is 5.99. The average molecular weight is 435 g/mol. The number of halogens is 3. The molecule has 3 aromatic rings. The van der Waals surface area contributed by atoms with Crippen LogP contribution in [0.3, 0.4) is 0 Å². The Kier molecular flexibility index (Phi) is 6.75. The second-order valence-corrected chi connectivity index (χ2v) is 6.46. The molecule has 2 amide bonds. The van der Waals surface area contributed by atoms with E-state index in [0.717, 1.165) is 12.1 Å². The van der Waals surface area contributed by atoms with Crippen molar-refractivity contribution in [2.75, 3.05) is 26.8 Å². The van der Waals surface area contributed by atoms with Crippen LogP contribution in [-0.2, 0) is 15.7 Å². The number of carbonyl (C=O) groups excluding carboxylic acids is 2. The molecule has 3 rings (SSSR count). The van der Waals surface area contributed by atoms with Crippen molar-refractivity contribution in [1.82, 2.24) is 25.0 Å². The summed E-state index contributed by atoms with van der Waals surface area (Å²) in [6, 6.07) is 8.04. The van der Waals surface area contributed by atoms with Crippen LogP contribution in [0.1, 0.15) is 15.9 Å². The third-order valence-corrected chi connectivity index (χ3v) is 4.29. The number of hydrogen-bond acceptors (Lipinski definition) is 4. The first-order valence-corrected chi connectivity index (χ1v) is 9.24. The molecule has 2 N–H and O–H groups in total. The van der Waals surface area contributed by atoms with Gasteiger partial charge in [-0.3, -0.25) is 9.59 Å². The highest BCUT2D eigenvalue weighted by Gasteiger charge is 2.31. The van der Waals surface area contributed by atoms with Crippen LogP contribution in [0.15, 0.2) is 55.0 Å². The summed E-state index contributed by atoms with van der Waals surface area (Å²) in [5.74, 6) is -0.761. The lowest BCUT2D eigenvalue weighted by atomic mass is 10.2. The molecular weight excluding hydrogens is 415 g/mol. The molecule has 0 bridgehead atoms. The van der Waals surface area contributed by atoms with E-state index in [0.29, 0.717) is 13.2 Å². The van der Waals surface area contributed by atoms with Crippen LogP contribution < -0.4 is 10.6 Å². The Morgan fingerprint density at radius 2 is 1.87 bits per heavy atom. The van der Waals surface area contributed by atoms with Crippen molar-refractivity contribution in [3.05, 3.63) is 66.1 Å². The number of nitrogens with zero attached hydrogens (tertiary/aromatic N) is 3. The predicted octanol–water partition coefficient (Wildman–Crippen LogP) is 2.17. The van der Waals surface area contributed by atoms with Crippen LogP contribution in [0.5, 0.6) is 0 Å². The summed E-state index contributed by atoms with van der Waals surface area (Å²) in [5.41, 5.74) is -0.606. The molecule has 0 aliphatic heterocycles. The van der Waals surface area contributed by atoms with E-state index in [1.165, 1.54) is 30.1 Å². The Hall–Kier alpha value is -3.60. The number of carbonyl (C=O) groups is 2. The summed E-state index contributed by atoms with van der Waals surface area (Å²) in [7, 11) is 1.50. The molecule has 0 saturated heterocycles. The number of hydrogen-bond donors (Lipinski definition) is 2. The molecule has 2 heterocycles. The Balaban J connectivity index is 1.89. The molecule has 0 saturated carbocycles. The van der Waals surface area contributed by atoms with Crippen LogP contribution in [-0.4, -0.2) is 53.0 Å². The topological polar surface area (TPSA) is 90.2 Å². The normalized spacial score (nSPS) is 11.4. The summed E-state index contributed by atoms with van der Waals surface area (Å²) >= 11 is 0. The molecule has 0 fully saturated rings. The minimum Gasteiger partial charge on any atom is -0.383 e. The molecule has 1 aromatic carbocycles. The number of nitrogens with one attached hydrogen (secondary N) is 2. The van der Waals surface area contributed by atoms with Gasteiger partial charge >= 0.3 is 6.18 Å². The summed E-state index contributed by atoms with van der Waals surface area (Å²) in [5, 5.41) is 9.19. The monoisotopic (exact) mass is 435 g/mol. The maximum absolute atomic E-state index is 13.1. The summed E-state index contributed by atoms with van der Waals surface area (Å²) < 4.78 is 47.0. The van der Waals surface area contributed by atoms with Gasteiger partial charge in [0.1, 0.15) is 5.56 Å². The van der Waals surface area contributed by atoms with E-state index >= 15 is 0 Å². The van der Waals surface area contributed by atoms with Crippen molar-refractivity contribution in [3.8, 4) is 11.5 Å². The molecule has 31 heavy (non-hydrogen) atoms. The SMILES string of the molecule is COCCNC(=O)CNC(=O)c1cnn(-c2cccc(C(F)(F)F)c2)c1-n1cccc1. The highest BCUT2D eigenvalue weighted by Crippen LogP contribution is 2.31. The maximum atomic E-state index is 13.1. The number of rotatable bonds is 8. The van der Waals surface area contributed by atoms with Gasteiger partial charge in [-0.15, -0.1) is 0 Å². The van der Waals surface area contributed by atoms with Gasteiger partial charge in [-0.2, -0.15) is 18.3 Å². The molecule has 8 nitrogen and oxygen atoms in total. The molecule has 0 radical (unpaired) electrons. The number of aromatic nitrogens is 3. The Labute approximate surface area is 175 Å². The van der Waals surface area contributed by atoms with E-state index in [4.69, 9.17) is 4.74 Å². The Morgan fingerprint density at radius 3 is 2.55 bits per heavy atom. The standard InChI is InChI=1S/C20H20F3N5O3/c1-31-10-7-24-17(29)13-25-18(30)16-12-26-28(19(16)27-8-2-3-9-27)15-6-4-5-14(11-15)20(21,22)23/h2-6,8-9,11-12H,7,10,13H2,1H3,(H,24,29)(H,25,30). The van der Waals surface area contributed by atoms with Crippen molar-refractivity contribution in [2.24, 2.45) is 0 Å². The summed E-state index contributed by atoms with van der Waals surface area (Å²) in [6.07, 6.45) is -0.00830. The first-order valence-electron chi connectivity index (χ1n) is 9.24. The van der Waals surface area contributed by atoms with E-state index in [1.807, 2.05) is 0 Å². The predicted molar refractivity (Wildman–Crippen MR) is 105 cm³/mol. The number of benzene rings is 1. The van der Waals surface area contributed by atoms with Gasteiger partial charge < -0.3 is 19.9 Å². The molecular formula is C20H20F3N5O3. The molecule has 0 atom stereocenters. The summed E-state index contributed by atoms with van der Waals surface area (Å²) in [6.45, 7) is 0.358. The van der Waals surface area contributed by atoms with E-state index < -0.39 is 23.6 Å². The fraction of sp³-hybridized carbons (Fsp3) is 0.250. The first kappa shape index (κ1) is 22.1. The number of amides is 2. The fourth-order valence-corrected chi connectivity index (χ4v) is 2.84. The molecule has 11 heteroatoms. The lowest BCUT2D eigenvalue weighted by Gasteiger charge is -2.13. The molecule has 164 valence electrons. The number of ether oxygens (including phenoxy) is 1. The third kappa shape index (κ3) is 5.31. The minimum atomic E-state index is -4.52. The Bertz CT molecular complexity index is 1040. The van der Waals surface area contributed by atoms with Gasteiger partial charge in [0, 0.05) is 26.0 Å². The second-order valence-electron chi connectivity index (χ2n) is 6.46. The number of methoxy groups -OCH3 is 1. The van der Waals surface area contributed by atoms with E-state index in [2.05, 4.69) is 15.7 Å². The number of alkyl halides is 3. The lowest BCUT2D eigenvalue weighted by Crippen LogP contribution is -2.38. The van der Waals surface area contributed by atoms with Gasteiger partial charge in [0.15, 0.2) is 5.82 Å². The van der Waals surface area contributed by atoms with E-state index in [9.17, 15) is 22.8 Å². The van der Waals surface area contributed by atoms with Gasteiger partial charge in [0.05, 0.1) is 30.6 Å². The average Bonchev–Trinajstić information content (AvgIpc) is 3.41. The lowest BCUT2D eigenvalue weighted by molar-refractivity contribution is -0.137. The zero-order valence-corrected chi connectivity index (χ0v) is 16.5. The molecule has 0 aliphatic carbocycles. The fourth-order valence-electron chi connectivity index (χ4n) is 2.84. The smallest absolute Gasteiger partial charge is 0.383 e. The quantitative estimate of drug-likeness (QED) is 0.531. The van der Waals surface area contributed by atoms with E-state index in [1.54, 1.807) is 29.1 Å². The van der Waals surface area contributed by atoms with Crippen LogP contribution in [0.2, 0.25) is 0 Å². The van der Waals surface area contributed by atoms with Gasteiger partial charge in [0.25, 0.3) is 5.91 Å². The first-order chi connectivity index (χ1) is 14.8. The van der Waals surface area contributed by atoms with Crippen LogP contribution in [0.25, 0.3) is 11.5 Å². The van der Waals surface area contributed by atoms with Crippen molar-refractivity contribution < 1.29 is 27.5 Å². The van der Waals surface area contributed by atoms with Crippen molar-refractivity contribution in [3.63, 3.8) is 0 Å². The van der Waals surface area contributed by atoms with Gasteiger partial charge in [-0.1, -0.05) is 6.07 Å². The van der Waals surface area contributed by atoms with Crippen molar-refractivity contribution in [1.29, 1.82) is 0 Å². The largest absolute Gasteiger partial charge is 0.416 e. The molecule has 0 spiro atoms. The Morgan fingerprint density at radius 1 is 1.13 bits per heavy atom. The molecule has 2 aromatic heterocycles. The van der Waals surface area contributed by atoms with Crippen molar-refractivity contribution >= 4 is 11.8 Å². The van der Waals surface area contributed by atoms with Crippen LogP contribution >= 0.6 is 0 Å². The minimum absolute atomic E-state index is 0.0957. The van der Waals surface area contributed by atoms with Gasteiger partial charge in [-0.25, -0.2) is 4.68 Å². The third-order valence-electron chi connectivity index (χ3n) is 4.29. The zero-order chi connectivity index (χ0) is 22.4. The zero-order valence-electron chi connectivity index (χ0n) is 16.5. The highest BCUT2D eigenvalue weighted by atomic mass is 19.4. The van der Waals surface area contributed by atoms with Crippen LogP contribution in [0, 0.1) is 0 Å². The van der Waals surface area contributed by atoms with Gasteiger partial charge in [-0.05, 0) is 30.3 Å². The second kappa shape index (κ2) is 9.47. The molecule has 0 aliphatic rings. The maximum Gasteiger partial charge on any atom is 0.416 e.